The van der Waals surface area contributed by atoms with Crippen molar-refractivity contribution in [2.45, 2.75) is 6.10 Å². The number of carbonyl (C=O) groups excluding carboxylic acids is 1. The number of likely N-dealkylation sites (tertiary alicyclic amines) is 1. The molecule has 0 spiro atoms. The second kappa shape index (κ2) is 4.73. The van der Waals surface area contributed by atoms with Gasteiger partial charge in [-0.3, -0.25) is 4.79 Å². The third-order valence-electron chi connectivity index (χ3n) is 2.65. The summed E-state index contributed by atoms with van der Waals surface area (Å²) in [4.78, 5) is 19.0. The number of β-amino-alcohol motifs (C(OH)–C–C–N with tert-alkyl or cyclic N) is 1. The summed E-state index contributed by atoms with van der Waals surface area (Å²) < 4.78 is 1.02. The van der Waals surface area contributed by atoms with Crippen LogP contribution in [0.25, 0.3) is 9.88 Å². The van der Waals surface area contributed by atoms with Gasteiger partial charge in [0.15, 0.2) is 0 Å². The maximum absolute atomic E-state index is 12.0. The van der Waals surface area contributed by atoms with E-state index < -0.39 is 0 Å². The largest absolute Gasteiger partial charge is 0.389 e. The lowest BCUT2D eigenvalue weighted by Crippen LogP contribution is -2.53. The Kier molecular flexibility index (Phi) is 3.23. The molecule has 1 aliphatic heterocycles. The van der Waals surface area contributed by atoms with Crippen molar-refractivity contribution in [1.82, 2.24) is 9.88 Å². The number of halogens is 1. The zero-order valence-corrected chi connectivity index (χ0v) is 12.4. The normalized spacial score (nSPS) is 15.8. The summed E-state index contributed by atoms with van der Waals surface area (Å²) in [6.45, 7) is 0.826. The molecular formula is C11H9BrN2O2S2. The van der Waals surface area contributed by atoms with Crippen molar-refractivity contribution in [2.75, 3.05) is 13.1 Å². The Morgan fingerprint density at radius 2 is 2.22 bits per heavy atom. The maximum Gasteiger partial charge on any atom is 0.273 e. The first kappa shape index (κ1) is 12.3. The standard InChI is InChI=1S/C11H9BrN2O2S2/c12-6-1-9(17-4-6)10-13-8(5-18-10)11(16)14-2-7(15)3-14/h1,4-5,7,15H,2-3H2. The first-order valence-electron chi connectivity index (χ1n) is 5.31. The molecule has 94 valence electrons. The van der Waals surface area contributed by atoms with Crippen molar-refractivity contribution in [3.8, 4) is 9.88 Å². The number of nitrogens with zero attached hydrogens (tertiary/aromatic N) is 2. The summed E-state index contributed by atoms with van der Waals surface area (Å²) in [7, 11) is 0. The molecular weight excluding hydrogens is 336 g/mol. The quantitative estimate of drug-likeness (QED) is 0.910. The molecule has 1 N–H and O–H groups in total. The van der Waals surface area contributed by atoms with Crippen LogP contribution in [0.4, 0.5) is 0 Å². The average Bonchev–Trinajstić information content (AvgIpc) is 2.92. The van der Waals surface area contributed by atoms with E-state index in [0.29, 0.717) is 18.8 Å². The topological polar surface area (TPSA) is 53.4 Å². The van der Waals surface area contributed by atoms with Gasteiger partial charge in [0.2, 0.25) is 0 Å². The zero-order valence-electron chi connectivity index (χ0n) is 9.17. The molecule has 7 heteroatoms. The molecule has 0 aromatic carbocycles. The molecule has 18 heavy (non-hydrogen) atoms. The molecule has 0 atom stereocenters. The number of hydrogen-bond acceptors (Lipinski definition) is 5. The van der Waals surface area contributed by atoms with E-state index in [4.69, 9.17) is 0 Å². The van der Waals surface area contributed by atoms with Crippen molar-refractivity contribution in [3.05, 3.63) is 27.0 Å². The van der Waals surface area contributed by atoms with Gasteiger partial charge in [-0.2, -0.15) is 0 Å². The second-order valence-corrected chi connectivity index (χ2v) is 6.72. The molecule has 2 aromatic heterocycles. The Labute approximate surface area is 120 Å². The average molecular weight is 345 g/mol. The smallest absolute Gasteiger partial charge is 0.273 e. The van der Waals surface area contributed by atoms with Crippen LogP contribution >= 0.6 is 38.6 Å². The number of carbonyl (C=O) groups is 1. The van der Waals surface area contributed by atoms with Crippen molar-refractivity contribution in [3.63, 3.8) is 0 Å². The van der Waals surface area contributed by atoms with Crippen LogP contribution in [0.3, 0.4) is 0 Å². The highest BCUT2D eigenvalue weighted by molar-refractivity contribution is 9.10. The van der Waals surface area contributed by atoms with Crippen molar-refractivity contribution >= 4 is 44.5 Å². The fourth-order valence-corrected chi connectivity index (χ4v) is 3.99. The summed E-state index contributed by atoms with van der Waals surface area (Å²) >= 11 is 6.46. The number of amides is 1. The molecule has 3 heterocycles. The predicted octanol–water partition coefficient (Wildman–Crippen LogP) is 2.45. The highest BCUT2D eigenvalue weighted by Gasteiger charge is 2.30. The van der Waals surface area contributed by atoms with E-state index >= 15 is 0 Å². The Morgan fingerprint density at radius 1 is 1.44 bits per heavy atom. The number of hydrogen-bond donors (Lipinski definition) is 1. The summed E-state index contributed by atoms with van der Waals surface area (Å²) in [5, 5.41) is 13.8. The van der Waals surface area contributed by atoms with E-state index in [2.05, 4.69) is 20.9 Å². The van der Waals surface area contributed by atoms with Gasteiger partial charge in [-0.05, 0) is 22.0 Å². The number of aliphatic hydroxyl groups is 1. The van der Waals surface area contributed by atoms with Gasteiger partial charge in [-0.15, -0.1) is 22.7 Å². The van der Waals surface area contributed by atoms with Gasteiger partial charge in [0, 0.05) is 28.3 Å². The van der Waals surface area contributed by atoms with Crippen LogP contribution in [-0.2, 0) is 0 Å². The van der Waals surface area contributed by atoms with Crippen molar-refractivity contribution in [2.24, 2.45) is 0 Å². The molecule has 0 unspecified atom stereocenters. The first-order chi connectivity index (χ1) is 8.63. The summed E-state index contributed by atoms with van der Waals surface area (Å²) in [5.74, 6) is -0.0987. The van der Waals surface area contributed by atoms with Crippen LogP contribution < -0.4 is 0 Å². The Morgan fingerprint density at radius 3 is 2.83 bits per heavy atom. The third kappa shape index (κ3) is 2.23. The van der Waals surface area contributed by atoms with Gasteiger partial charge in [0.25, 0.3) is 5.91 Å². The van der Waals surface area contributed by atoms with E-state index in [9.17, 15) is 9.90 Å². The van der Waals surface area contributed by atoms with Gasteiger partial charge >= 0.3 is 0 Å². The minimum atomic E-state index is -0.375. The molecule has 0 aliphatic carbocycles. The first-order valence-corrected chi connectivity index (χ1v) is 7.86. The van der Waals surface area contributed by atoms with Crippen LogP contribution in [0.5, 0.6) is 0 Å². The molecule has 2 aromatic rings. The van der Waals surface area contributed by atoms with E-state index in [1.807, 2.05) is 11.4 Å². The van der Waals surface area contributed by atoms with Gasteiger partial charge in [0.1, 0.15) is 10.7 Å². The minimum absolute atomic E-state index is 0.0987. The zero-order chi connectivity index (χ0) is 12.7. The van der Waals surface area contributed by atoms with Crippen molar-refractivity contribution in [1.29, 1.82) is 0 Å². The molecule has 3 rings (SSSR count). The lowest BCUT2D eigenvalue weighted by Gasteiger charge is -2.35. The summed E-state index contributed by atoms with van der Waals surface area (Å²) in [6.07, 6.45) is -0.375. The van der Waals surface area contributed by atoms with Gasteiger partial charge in [-0.25, -0.2) is 4.98 Å². The molecule has 4 nitrogen and oxygen atoms in total. The minimum Gasteiger partial charge on any atom is -0.389 e. The second-order valence-electron chi connectivity index (χ2n) is 4.03. The lowest BCUT2D eigenvalue weighted by atomic mass is 10.1. The molecule has 0 saturated carbocycles. The number of thiazole rings is 1. The van der Waals surface area contributed by atoms with Crippen LogP contribution in [-0.4, -0.2) is 40.1 Å². The number of thiophene rings is 1. The molecule has 1 amide bonds. The fourth-order valence-electron chi connectivity index (χ4n) is 1.69. The third-order valence-corrected chi connectivity index (χ3v) is 5.35. The molecule has 1 fully saturated rings. The van der Waals surface area contributed by atoms with Gasteiger partial charge in [-0.1, -0.05) is 0 Å². The fraction of sp³-hybridized carbons (Fsp3) is 0.273. The van der Waals surface area contributed by atoms with Crippen LogP contribution in [0.2, 0.25) is 0 Å². The molecule has 0 radical (unpaired) electrons. The van der Waals surface area contributed by atoms with E-state index in [1.165, 1.54) is 11.3 Å². The SMILES string of the molecule is O=C(c1csc(-c2cc(Br)cs2)n1)N1CC(O)C1. The van der Waals surface area contributed by atoms with E-state index in [0.717, 1.165) is 14.4 Å². The summed E-state index contributed by atoms with van der Waals surface area (Å²) in [5.41, 5.74) is 0.464. The molecule has 0 bridgehead atoms. The number of aromatic nitrogens is 1. The number of aliphatic hydroxyl groups excluding tert-OH is 1. The van der Waals surface area contributed by atoms with Crippen molar-refractivity contribution < 1.29 is 9.90 Å². The lowest BCUT2D eigenvalue weighted by molar-refractivity contribution is 0.00556. The highest BCUT2D eigenvalue weighted by Crippen LogP contribution is 2.32. The van der Waals surface area contributed by atoms with Crippen LogP contribution in [0.1, 0.15) is 10.5 Å². The molecule has 1 aliphatic rings. The van der Waals surface area contributed by atoms with Gasteiger partial charge < -0.3 is 10.0 Å². The maximum atomic E-state index is 12.0. The predicted molar refractivity (Wildman–Crippen MR) is 75.0 cm³/mol. The van der Waals surface area contributed by atoms with Crippen LogP contribution in [0, 0.1) is 0 Å². The Hall–Kier alpha value is -0.760. The van der Waals surface area contributed by atoms with E-state index in [-0.39, 0.29) is 12.0 Å². The van der Waals surface area contributed by atoms with E-state index in [1.54, 1.807) is 21.6 Å². The van der Waals surface area contributed by atoms with Crippen LogP contribution in [0.15, 0.2) is 21.3 Å². The Balaban J connectivity index is 1.79. The van der Waals surface area contributed by atoms with Gasteiger partial charge in [0.05, 0.1) is 11.0 Å². The molecule has 1 saturated heterocycles. The summed E-state index contributed by atoms with van der Waals surface area (Å²) in [6, 6.07) is 1.99. The highest BCUT2D eigenvalue weighted by atomic mass is 79.9. The Bertz CT molecular complexity index is 589. The number of rotatable bonds is 2. The monoisotopic (exact) mass is 344 g/mol.